The van der Waals surface area contributed by atoms with Gasteiger partial charge in [-0.15, -0.1) is 0 Å². The maximum atomic E-state index is 11.7. The lowest BCUT2D eigenvalue weighted by molar-refractivity contribution is -0.120. The standard InChI is InChI=1S/C20H23N3O2/c21-10-9-20(24)22-15-18-17-6-2-1-5-16(17)7-8-19(18)25-14-13-23-11-3-4-12-23/h1-2,5-8H,3-4,9,11-15H2,(H,22,24). The summed E-state index contributed by atoms with van der Waals surface area (Å²) in [7, 11) is 0. The van der Waals surface area contributed by atoms with Crippen LogP contribution in [0.15, 0.2) is 36.4 Å². The lowest BCUT2D eigenvalue weighted by Crippen LogP contribution is -2.26. The van der Waals surface area contributed by atoms with Crippen molar-refractivity contribution in [3.63, 3.8) is 0 Å². The Hall–Kier alpha value is -2.58. The number of likely N-dealkylation sites (tertiary alicyclic amines) is 1. The number of carbonyl (C=O) groups is 1. The number of carbonyl (C=O) groups excluding carboxylic acids is 1. The number of rotatable bonds is 7. The van der Waals surface area contributed by atoms with E-state index in [0.29, 0.717) is 13.2 Å². The molecular weight excluding hydrogens is 314 g/mol. The van der Waals surface area contributed by atoms with Crippen LogP contribution in [-0.2, 0) is 11.3 Å². The largest absolute Gasteiger partial charge is 0.492 e. The van der Waals surface area contributed by atoms with Crippen LogP contribution in [0.1, 0.15) is 24.8 Å². The van der Waals surface area contributed by atoms with Gasteiger partial charge in [0.25, 0.3) is 0 Å². The second-order valence-electron chi connectivity index (χ2n) is 6.27. The maximum Gasteiger partial charge on any atom is 0.234 e. The molecule has 3 rings (SSSR count). The third-order valence-corrected chi connectivity index (χ3v) is 4.56. The Kier molecular flexibility index (Phi) is 5.86. The highest BCUT2D eigenvalue weighted by Gasteiger charge is 2.13. The van der Waals surface area contributed by atoms with Crippen LogP contribution in [-0.4, -0.2) is 37.0 Å². The Morgan fingerprint density at radius 1 is 1.20 bits per heavy atom. The van der Waals surface area contributed by atoms with Crippen LogP contribution in [0.2, 0.25) is 0 Å². The number of hydrogen-bond acceptors (Lipinski definition) is 4. The molecule has 0 bridgehead atoms. The number of benzene rings is 2. The zero-order chi connectivity index (χ0) is 17.5. The predicted molar refractivity (Wildman–Crippen MR) is 97.2 cm³/mol. The summed E-state index contributed by atoms with van der Waals surface area (Å²) in [6.45, 7) is 4.22. The Bertz CT molecular complexity index is 776. The molecule has 5 heteroatoms. The molecule has 0 saturated carbocycles. The van der Waals surface area contributed by atoms with Gasteiger partial charge in [0, 0.05) is 18.7 Å². The van der Waals surface area contributed by atoms with E-state index in [0.717, 1.165) is 41.7 Å². The van der Waals surface area contributed by atoms with Crippen molar-refractivity contribution in [1.82, 2.24) is 10.2 Å². The Balaban J connectivity index is 1.74. The molecule has 1 heterocycles. The van der Waals surface area contributed by atoms with E-state index in [4.69, 9.17) is 10.00 Å². The topological polar surface area (TPSA) is 65.4 Å². The van der Waals surface area contributed by atoms with Crippen LogP contribution >= 0.6 is 0 Å². The van der Waals surface area contributed by atoms with Gasteiger partial charge in [-0.25, -0.2) is 0 Å². The summed E-state index contributed by atoms with van der Waals surface area (Å²) in [6.07, 6.45) is 2.41. The van der Waals surface area contributed by atoms with Gasteiger partial charge in [0.1, 0.15) is 18.8 Å². The monoisotopic (exact) mass is 337 g/mol. The molecule has 2 aromatic rings. The van der Waals surface area contributed by atoms with Gasteiger partial charge >= 0.3 is 0 Å². The molecule has 0 unspecified atom stereocenters. The quantitative estimate of drug-likeness (QED) is 0.844. The number of hydrogen-bond donors (Lipinski definition) is 1. The fraction of sp³-hybridized carbons (Fsp3) is 0.400. The van der Waals surface area contributed by atoms with Crippen molar-refractivity contribution in [3.05, 3.63) is 42.0 Å². The van der Waals surface area contributed by atoms with Gasteiger partial charge < -0.3 is 10.1 Å². The SMILES string of the molecule is N#CCC(=O)NCc1c(OCCN2CCCC2)ccc2ccccc12. The van der Waals surface area contributed by atoms with Crippen molar-refractivity contribution in [2.75, 3.05) is 26.2 Å². The molecule has 0 atom stereocenters. The van der Waals surface area contributed by atoms with Gasteiger partial charge in [-0.2, -0.15) is 5.26 Å². The average Bonchev–Trinajstić information content (AvgIpc) is 3.14. The predicted octanol–water partition coefficient (Wildman–Crippen LogP) is 2.84. The molecule has 25 heavy (non-hydrogen) atoms. The zero-order valence-electron chi connectivity index (χ0n) is 14.3. The van der Waals surface area contributed by atoms with Crippen molar-refractivity contribution >= 4 is 16.7 Å². The van der Waals surface area contributed by atoms with Crippen LogP contribution in [0.5, 0.6) is 5.75 Å². The molecule has 1 aliphatic heterocycles. The minimum Gasteiger partial charge on any atom is -0.492 e. The first-order valence-corrected chi connectivity index (χ1v) is 8.77. The van der Waals surface area contributed by atoms with Gasteiger partial charge in [0.05, 0.1) is 6.07 Å². The molecule has 2 aromatic carbocycles. The van der Waals surface area contributed by atoms with E-state index in [2.05, 4.69) is 10.2 Å². The summed E-state index contributed by atoms with van der Waals surface area (Å²) in [6, 6.07) is 13.9. The lowest BCUT2D eigenvalue weighted by atomic mass is 10.0. The zero-order valence-corrected chi connectivity index (χ0v) is 14.3. The van der Waals surface area contributed by atoms with E-state index in [1.165, 1.54) is 12.8 Å². The van der Waals surface area contributed by atoms with E-state index in [9.17, 15) is 4.79 Å². The summed E-state index contributed by atoms with van der Waals surface area (Å²) in [5.74, 6) is 0.536. The third-order valence-electron chi connectivity index (χ3n) is 4.56. The molecule has 1 fully saturated rings. The minimum atomic E-state index is -0.265. The summed E-state index contributed by atoms with van der Waals surface area (Å²) >= 11 is 0. The van der Waals surface area contributed by atoms with Gasteiger partial charge in [0.15, 0.2) is 0 Å². The fourth-order valence-electron chi connectivity index (χ4n) is 3.25. The van der Waals surface area contributed by atoms with Crippen LogP contribution in [0.3, 0.4) is 0 Å². The van der Waals surface area contributed by atoms with E-state index in [1.807, 2.05) is 42.5 Å². The molecule has 5 nitrogen and oxygen atoms in total. The van der Waals surface area contributed by atoms with Crippen LogP contribution < -0.4 is 10.1 Å². The normalized spacial score (nSPS) is 14.4. The van der Waals surface area contributed by atoms with E-state index in [-0.39, 0.29) is 12.3 Å². The molecule has 0 radical (unpaired) electrons. The van der Waals surface area contributed by atoms with Gasteiger partial charge in [-0.1, -0.05) is 30.3 Å². The van der Waals surface area contributed by atoms with E-state index < -0.39 is 0 Å². The highest BCUT2D eigenvalue weighted by molar-refractivity contribution is 5.88. The molecule has 0 spiro atoms. The second-order valence-corrected chi connectivity index (χ2v) is 6.27. The molecular formula is C20H23N3O2. The second kappa shape index (κ2) is 8.50. The summed E-state index contributed by atoms with van der Waals surface area (Å²) < 4.78 is 6.04. The van der Waals surface area contributed by atoms with E-state index >= 15 is 0 Å². The van der Waals surface area contributed by atoms with Crippen molar-refractivity contribution in [3.8, 4) is 11.8 Å². The van der Waals surface area contributed by atoms with Crippen molar-refractivity contribution < 1.29 is 9.53 Å². The van der Waals surface area contributed by atoms with Gasteiger partial charge in [-0.05, 0) is 42.8 Å². The highest BCUT2D eigenvalue weighted by Crippen LogP contribution is 2.28. The smallest absolute Gasteiger partial charge is 0.234 e. The molecule has 0 aromatic heterocycles. The Morgan fingerprint density at radius 3 is 2.80 bits per heavy atom. The van der Waals surface area contributed by atoms with Crippen LogP contribution in [0.25, 0.3) is 10.8 Å². The van der Waals surface area contributed by atoms with Gasteiger partial charge in [-0.3, -0.25) is 9.69 Å². The van der Waals surface area contributed by atoms with Gasteiger partial charge in [0.2, 0.25) is 5.91 Å². The lowest BCUT2D eigenvalue weighted by Gasteiger charge is -2.18. The first-order valence-electron chi connectivity index (χ1n) is 8.77. The summed E-state index contributed by atoms with van der Waals surface area (Å²) in [4.78, 5) is 14.1. The number of ether oxygens (including phenoxy) is 1. The first-order chi connectivity index (χ1) is 12.3. The number of nitrogens with zero attached hydrogens (tertiary/aromatic N) is 2. The first kappa shape index (κ1) is 17.2. The van der Waals surface area contributed by atoms with Crippen molar-refractivity contribution in [2.45, 2.75) is 25.8 Å². The van der Waals surface area contributed by atoms with Crippen molar-refractivity contribution in [1.29, 1.82) is 5.26 Å². The molecule has 0 aliphatic carbocycles. The molecule has 130 valence electrons. The number of nitrogens with one attached hydrogen (secondary N) is 1. The number of nitriles is 1. The van der Waals surface area contributed by atoms with Crippen molar-refractivity contribution in [2.24, 2.45) is 0 Å². The number of fused-ring (bicyclic) bond motifs is 1. The number of amides is 1. The molecule has 1 N–H and O–H groups in total. The molecule has 1 amide bonds. The van der Waals surface area contributed by atoms with E-state index in [1.54, 1.807) is 0 Å². The van der Waals surface area contributed by atoms with Crippen LogP contribution in [0, 0.1) is 11.3 Å². The Labute approximate surface area is 148 Å². The average molecular weight is 337 g/mol. The third kappa shape index (κ3) is 4.49. The highest BCUT2D eigenvalue weighted by atomic mass is 16.5. The maximum absolute atomic E-state index is 11.7. The Morgan fingerprint density at radius 2 is 2.00 bits per heavy atom. The van der Waals surface area contributed by atoms with Crippen LogP contribution in [0.4, 0.5) is 0 Å². The molecule has 1 saturated heterocycles. The summed E-state index contributed by atoms with van der Waals surface area (Å²) in [5.41, 5.74) is 0.964. The fourth-order valence-corrected chi connectivity index (χ4v) is 3.25. The minimum absolute atomic E-state index is 0.129. The summed E-state index contributed by atoms with van der Waals surface area (Å²) in [5, 5.41) is 13.6. The molecule has 1 aliphatic rings.